The second-order valence-corrected chi connectivity index (χ2v) is 9.26. The van der Waals surface area contributed by atoms with E-state index in [2.05, 4.69) is 21.3 Å². The van der Waals surface area contributed by atoms with Gasteiger partial charge in [0.1, 0.15) is 0 Å². The van der Waals surface area contributed by atoms with Gasteiger partial charge in [-0.2, -0.15) is 0 Å². The summed E-state index contributed by atoms with van der Waals surface area (Å²) < 4.78 is 0. The average Bonchev–Trinajstić information content (AvgIpc) is 3.29. The fourth-order valence-corrected chi connectivity index (χ4v) is 5.96. The quantitative estimate of drug-likeness (QED) is 0.623. The molecule has 3 atom stereocenters. The number of para-hydroxylation sites is 1. The van der Waals surface area contributed by atoms with Gasteiger partial charge in [0.2, 0.25) is 5.91 Å². The van der Waals surface area contributed by atoms with Crippen molar-refractivity contribution in [3.05, 3.63) is 24.3 Å². The van der Waals surface area contributed by atoms with E-state index in [9.17, 15) is 9.59 Å². The number of benzene rings is 1. The summed E-state index contributed by atoms with van der Waals surface area (Å²) in [6.45, 7) is 1.91. The van der Waals surface area contributed by atoms with Gasteiger partial charge in [-0.25, -0.2) is 0 Å². The molecule has 2 fully saturated rings. The van der Waals surface area contributed by atoms with Gasteiger partial charge in [0.25, 0.3) is 5.91 Å². The maximum atomic E-state index is 12.7. The van der Waals surface area contributed by atoms with Gasteiger partial charge < -0.3 is 21.3 Å². The van der Waals surface area contributed by atoms with E-state index in [0.29, 0.717) is 0 Å². The molecule has 1 aromatic rings. The number of piperidine rings is 1. The van der Waals surface area contributed by atoms with Crippen LogP contribution in [0.1, 0.15) is 19.3 Å². The highest BCUT2D eigenvalue weighted by molar-refractivity contribution is 8.01. The van der Waals surface area contributed by atoms with Crippen LogP contribution in [0.2, 0.25) is 0 Å². The maximum absolute atomic E-state index is 12.7. The monoisotopic (exact) mass is 392 g/mol. The van der Waals surface area contributed by atoms with Crippen LogP contribution in [0.5, 0.6) is 0 Å². The first-order valence-electron chi connectivity index (χ1n) is 9.16. The number of thioether (sulfide) groups is 2. The average molecular weight is 393 g/mol. The zero-order valence-corrected chi connectivity index (χ0v) is 16.1. The first kappa shape index (κ1) is 18.0. The van der Waals surface area contributed by atoms with Gasteiger partial charge in [0, 0.05) is 16.6 Å². The zero-order chi connectivity index (χ0) is 17.9. The highest BCUT2D eigenvalue weighted by Gasteiger charge is 2.37. The van der Waals surface area contributed by atoms with Crippen LogP contribution in [0.3, 0.4) is 0 Å². The molecule has 4 N–H and O–H groups in total. The lowest BCUT2D eigenvalue weighted by molar-refractivity contribution is -0.126. The van der Waals surface area contributed by atoms with Crippen molar-refractivity contribution in [2.75, 3.05) is 24.2 Å². The van der Waals surface area contributed by atoms with Crippen molar-refractivity contribution in [1.29, 1.82) is 0 Å². The third-order valence-corrected chi connectivity index (χ3v) is 7.51. The molecule has 3 aliphatic heterocycles. The third-order valence-electron chi connectivity index (χ3n) is 5.06. The molecule has 0 radical (unpaired) electrons. The van der Waals surface area contributed by atoms with E-state index in [-0.39, 0.29) is 34.5 Å². The molecular weight excluding hydrogens is 368 g/mol. The number of fused-ring (bicyclic) bond motifs is 1. The molecule has 6 nitrogen and oxygen atoms in total. The zero-order valence-electron chi connectivity index (χ0n) is 14.5. The van der Waals surface area contributed by atoms with Crippen molar-refractivity contribution < 1.29 is 9.59 Å². The molecule has 8 heteroatoms. The summed E-state index contributed by atoms with van der Waals surface area (Å²) in [5.41, 5.74) is 0.997. The van der Waals surface area contributed by atoms with E-state index in [1.165, 1.54) is 11.8 Å². The molecule has 3 aliphatic rings. The molecule has 4 rings (SSSR count). The van der Waals surface area contributed by atoms with Crippen molar-refractivity contribution in [2.45, 2.75) is 40.9 Å². The van der Waals surface area contributed by atoms with Crippen molar-refractivity contribution >= 4 is 41.0 Å². The molecular formula is C18H24N4O2S2. The fourth-order valence-electron chi connectivity index (χ4n) is 3.60. The van der Waals surface area contributed by atoms with Crippen LogP contribution in [0.15, 0.2) is 29.2 Å². The summed E-state index contributed by atoms with van der Waals surface area (Å²) in [6, 6.07) is 8.18. The van der Waals surface area contributed by atoms with E-state index in [1.54, 1.807) is 11.8 Å². The van der Waals surface area contributed by atoms with E-state index in [4.69, 9.17) is 0 Å². The highest BCUT2D eigenvalue weighted by atomic mass is 32.2. The van der Waals surface area contributed by atoms with Crippen LogP contribution in [0.4, 0.5) is 5.69 Å². The largest absolute Gasteiger partial charge is 0.364 e. The lowest BCUT2D eigenvalue weighted by atomic mass is 10.0. The van der Waals surface area contributed by atoms with Crippen LogP contribution in [-0.2, 0) is 9.59 Å². The maximum Gasteiger partial charge on any atom is 0.254 e. The Balaban J connectivity index is 1.32. The van der Waals surface area contributed by atoms with Crippen molar-refractivity contribution in [1.82, 2.24) is 16.0 Å². The number of hydrogen-bond donors (Lipinski definition) is 4. The molecule has 0 aliphatic carbocycles. The summed E-state index contributed by atoms with van der Waals surface area (Å²) in [7, 11) is 0. The predicted octanol–water partition coefficient (Wildman–Crippen LogP) is 1.59. The van der Waals surface area contributed by atoms with Gasteiger partial charge in [-0.05, 0) is 50.2 Å². The Morgan fingerprint density at radius 3 is 2.65 bits per heavy atom. The number of rotatable bonds is 4. The van der Waals surface area contributed by atoms with Crippen molar-refractivity contribution in [2.24, 2.45) is 5.92 Å². The van der Waals surface area contributed by atoms with Crippen LogP contribution in [-0.4, -0.2) is 47.4 Å². The second kappa shape index (κ2) is 8.10. The fraction of sp³-hybridized carbons (Fsp3) is 0.556. The molecule has 3 unspecified atom stereocenters. The standard InChI is InChI=1S/C18H24N4O2S2/c23-15(20-11-5-8-19-9-6-11)12-7-10-25-17(12)22-16(24)18-21-13-3-1-2-4-14(13)26-18/h1-4,11-12,17-19,21H,5-10H2,(H,20,23)(H,22,24). The minimum Gasteiger partial charge on any atom is -0.364 e. The Morgan fingerprint density at radius 2 is 1.85 bits per heavy atom. The summed E-state index contributed by atoms with van der Waals surface area (Å²) in [4.78, 5) is 26.5. The molecule has 1 aromatic carbocycles. The van der Waals surface area contributed by atoms with E-state index >= 15 is 0 Å². The molecule has 0 spiro atoms. The Morgan fingerprint density at radius 1 is 1.04 bits per heavy atom. The van der Waals surface area contributed by atoms with Gasteiger partial charge in [-0.1, -0.05) is 23.9 Å². The summed E-state index contributed by atoms with van der Waals surface area (Å²) in [6.07, 6.45) is 2.77. The Labute approximate surface area is 162 Å². The Hall–Kier alpha value is -1.38. The lowest BCUT2D eigenvalue weighted by Crippen LogP contribution is -2.49. The van der Waals surface area contributed by atoms with Gasteiger partial charge in [-0.3, -0.25) is 9.59 Å². The number of nitrogens with one attached hydrogen (secondary N) is 4. The van der Waals surface area contributed by atoms with E-state index in [0.717, 1.165) is 48.7 Å². The number of carbonyl (C=O) groups excluding carboxylic acids is 2. The van der Waals surface area contributed by atoms with Crippen LogP contribution >= 0.6 is 23.5 Å². The Bertz CT molecular complexity index is 656. The first-order chi connectivity index (χ1) is 12.7. The van der Waals surface area contributed by atoms with Crippen molar-refractivity contribution in [3.63, 3.8) is 0 Å². The van der Waals surface area contributed by atoms with Gasteiger partial charge in [0.05, 0.1) is 11.3 Å². The number of carbonyl (C=O) groups is 2. The highest BCUT2D eigenvalue weighted by Crippen LogP contribution is 2.38. The molecule has 0 bridgehead atoms. The molecule has 140 valence electrons. The smallest absolute Gasteiger partial charge is 0.254 e. The third kappa shape index (κ3) is 3.97. The molecule has 0 saturated carbocycles. The van der Waals surface area contributed by atoms with Crippen LogP contribution < -0.4 is 21.3 Å². The summed E-state index contributed by atoms with van der Waals surface area (Å²) in [5.74, 6) is 0.793. The molecule has 26 heavy (non-hydrogen) atoms. The molecule has 2 saturated heterocycles. The lowest BCUT2D eigenvalue weighted by Gasteiger charge is -2.27. The summed E-state index contributed by atoms with van der Waals surface area (Å²) >= 11 is 3.20. The second-order valence-electron chi connectivity index (χ2n) is 6.87. The molecule has 0 aromatic heterocycles. The Kier molecular flexibility index (Phi) is 5.61. The van der Waals surface area contributed by atoms with Gasteiger partial charge >= 0.3 is 0 Å². The normalized spacial score (nSPS) is 28.2. The van der Waals surface area contributed by atoms with Crippen molar-refractivity contribution in [3.8, 4) is 0 Å². The first-order valence-corrected chi connectivity index (χ1v) is 11.1. The number of hydrogen-bond acceptors (Lipinski definition) is 6. The number of anilines is 1. The van der Waals surface area contributed by atoms with E-state index in [1.807, 2.05) is 24.3 Å². The minimum atomic E-state index is -0.332. The van der Waals surface area contributed by atoms with Gasteiger partial charge in [-0.15, -0.1) is 11.8 Å². The molecule has 2 amide bonds. The van der Waals surface area contributed by atoms with E-state index < -0.39 is 0 Å². The minimum absolute atomic E-state index is 0.0507. The van der Waals surface area contributed by atoms with Crippen LogP contribution in [0.25, 0.3) is 0 Å². The SMILES string of the molecule is O=C(NC1SCCC1C(=O)NC1CCNCC1)C1Nc2ccccc2S1. The van der Waals surface area contributed by atoms with Crippen LogP contribution in [0, 0.1) is 5.92 Å². The predicted molar refractivity (Wildman–Crippen MR) is 106 cm³/mol. The molecule has 3 heterocycles. The van der Waals surface area contributed by atoms with Gasteiger partial charge in [0.15, 0.2) is 5.37 Å². The number of amides is 2. The summed E-state index contributed by atoms with van der Waals surface area (Å²) in [5, 5.41) is 12.4. The topological polar surface area (TPSA) is 82.3 Å².